The van der Waals surface area contributed by atoms with E-state index in [2.05, 4.69) is 18.7 Å². The zero-order valence-electron chi connectivity index (χ0n) is 14.2. The van der Waals surface area contributed by atoms with Gasteiger partial charge < -0.3 is 14.7 Å². The van der Waals surface area contributed by atoms with Crippen LogP contribution in [0.5, 0.6) is 0 Å². The number of carbonyl (C=O) groups excluding carboxylic acids is 1. The molecular formula is C17H32N2O3. The van der Waals surface area contributed by atoms with Crippen molar-refractivity contribution in [1.82, 2.24) is 9.80 Å². The van der Waals surface area contributed by atoms with Crippen LogP contribution in [0.25, 0.3) is 0 Å². The van der Waals surface area contributed by atoms with Crippen LogP contribution >= 0.6 is 0 Å². The molecule has 1 saturated heterocycles. The Kier molecular flexibility index (Phi) is 6.66. The molecule has 0 aromatic rings. The molecule has 1 heterocycles. The van der Waals surface area contributed by atoms with Crippen molar-refractivity contribution in [3.05, 3.63) is 0 Å². The quantitative estimate of drug-likeness (QED) is 0.804. The topological polar surface area (TPSA) is 53.0 Å². The fraction of sp³-hybridized carbons (Fsp3) is 0.941. The number of aliphatic hydroxyl groups is 1. The van der Waals surface area contributed by atoms with Gasteiger partial charge in [-0.05, 0) is 31.1 Å². The third-order valence-electron chi connectivity index (χ3n) is 5.16. The van der Waals surface area contributed by atoms with Gasteiger partial charge in [0.1, 0.15) is 0 Å². The molecule has 0 bridgehead atoms. The van der Waals surface area contributed by atoms with Gasteiger partial charge in [-0.3, -0.25) is 9.69 Å². The number of hydrogen-bond acceptors (Lipinski definition) is 4. The average Bonchev–Trinajstić information content (AvgIpc) is 2.52. The van der Waals surface area contributed by atoms with E-state index < -0.39 is 0 Å². The van der Waals surface area contributed by atoms with Gasteiger partial charge in [0.2, 0.25) is 5.91 Å². The van der Waals surface area contributed by atoms with Gasteiger partial charge >= 0.3 is 0 Å². The van der Waals surface area contributed by atoms with Crippen molar-refractivity contribution in [1.29, 1.82) is 0 Å². The number of nitrogens with zero attached hydrogens (tertiary/aromatic N) is 2. The lowest BCUT2D eigenvalue weighted by molar-refractivity contribution is -0.138. The smallest absolute Gasteiger partial charge is 0.225 e. The third kappa shape index (κ3) is 5.21. The summed E-state index contributed by atoms with van der Waals surface area (Å²) >= 11 is 0. The summed E-state index contributed by atoms with van der Waals surface area (Å²) in [6, 6.07) is 0. The summed E-state index contributed by atoms with van der Waals surface area (Å²) in [5, 5.41) is 9.28. The molecular weight excluding hydrogens is 280 g/mol. The molecule has 2 rings (SSSR count). The maximum Gasteiger partial charge on any atom is 0.225 e. The Morgan fingerprint density at radius 2 is 1.86 bits per heavy atom. The van der Waals surface area contributed by atoms with Crippen molar-refractivity contribution in [2.75, 3.05) is 52.5 Å². The van der Waals surface area contributed by atoms with Crippen LogP contribution in [0.15, 0.2) is 0 Å². The van der Waals surface area contributed by atoms with Crippen molar-refractivity contribution < 1.29 is 14.6 Å². The van der Waals surface area contributed by atoms with Gasteiger partial charge in [0.25, 0.3) is 0 Å². The van der Waals surface area contributed by atoms with Crippen LogP contribution in [0.3, 0.4) is 0 Å². The standard InChI is InChI=1S/C17H32N2O3/c1-17(2)5-3-15(4-6-17)16(21)19(9-12-20)8-7-18-10-13-22-14-11-18/h15,20H,3-14H2,1-2H3. The molecule has 0 spiro atoms. The minimum atomic E-state index is 0.0487. The van der Waals surface area contributed by atoms with Crippen LogP contribution in [0, 0.1) is 11.3 Å². The first kappa shape index (κ1) is 17.7. The number of rotatable bonds is 6. The highest BCUT2D eigenvalue weighted by Gasteiger charge is 2.32. The van der Waals surface area contributed by atoms with Crippen LogP contribution in [-0.2, 0) is 9.53 Å². The predicted molar refractivity (Wildman–Crippen MR) is 86.7 cm³/mol. The molecule has 1 N–H and O–H groups in total. The van der Waals surface area contributed by atoms with Crippen molar-refractivity contribution in [3.63, 3.8) is 0 Å². The SMILES string of the molecule is CC1(C)CCC(C(=O)N(CCO)CCN2CCOCC2)CC1. The molecule has 2 fully saturated rings. The summed E-state index contributed by atoms with van der Waals surface area (Å²) in [6.45, 7) is 10.1. The molecule has 0 aromatic heterocycles. The molecule has 0 unspecified atom stereocenters. The Balaban J connectivity index is 1.82. The number of carbonyl (C=O) groups is 1. The Hall–Kier alpha value is -0.650. The van der Waals surface area contributed by atoms with Gasteiger partial charge in [-0.1, -0.05) is 13.8 Å². The van der Waals surface area contributed by atoms with E-state index in [4.69, 9.17) is 4.74 Å². The molecule has 5 nitrogen and oxygen atoms in total. The first-order valence-electron chi connectivity index (χ1n) is 8.71. The average molecular weight is 312 g/mol. The second kappa shape index (κ2) is 8.27. The maximum absolute atomic E-state index is 12.7. The van der Waals surface area contributed by atoms with Crippen molar-refractivity contribution >= 4 is 5.91 Å². The van der Waals surface area contributed by atoms with Crippen molar-refractivity contribution in [2.45, 2.75) is 39.5 Å². The zero-order valence-corrected chi connectivity index (χ0v) is 14.2. The highest BCUT2D eigenvalue weighted by Crippen LogP contribution is 2.38. The molecule has 2 aliphatic rings. The number of hydrogen-bond donors (Lipinski definition) is 1. The summed E-state index contributed by atoms with van der Waals surface area (Å²) in [7, 11) is 0. The van der Waals surface area contributed by atoms with Gasteiger partial charge in [0, 0.05) is 38.6 Å². The third-order valence-corrected chi connectivity index (χ3v) is 5.16. The van der Waals surface area contributed by atoms with E-state index in [9.17, 15) is 9.90 Å². The number of aliphatic hydroxyl groups excluding tert-OH is 1. The van der Waals surface area contributed by atoms with Gasteiger partial charge in [-0.2, -0.15) is 0 Å². The van der Waals surface area contributed by atoms with Crippen molar-refractivity contribution in [2.24, 2.45) is 11.3 Å². The lowest BCUT2D eigenvalue weighted by Crippen LogP contribution is -2.46. The predicted octanol–water partition coefficient (Wildman–Crippen LogP) is 1.36. The molecule has 128 valence electrons. The zero-order chi connectivity index (χ0) is 16.0. The second-order valence-corrected chi connectivity index (χ2v) is 7.44. The molecule has 1 aliphatic carbocycles. The Bertz CT molecular complexity index is 344. The molecule has 0 radical (unpaired) electrons. The normalized spacial score (nSPS) is 23.4. The molecule has 1 amide bonds. The van der Waals surface area contributed by atoms with Gasteiger partial charge in [0.05, 0.1) is 19.8 Å². The highest BCUT2D eigenvalue weighted by atomic mass is 16.5. The lowest BCUT2D eigenvalue weighted by Gasteiger charge is -2.36. The molecule has 0 aromatic carbocycles. The first-order valence-corrected chi connectivity index (χ1v) is 8.71. The Morgan fingerprint density at radius 3 is 2.45 bits per heavy atom. The van der Waals surface area contributed by atoms with Gasteiger partial charge in [-0.25, -0.2) is 0 Å². The minimum Gasteiger partial charge on any atom is -0.395 e. The number of morpholine rings is 1. The van der Waals surface area contributed by atoms with Crippen LogP contribution in [-0.4, -0.2) is 73.4 Å². The summed E-state index contributed by atoms with van der Waals surface area (Å²) in [5.41, 5.74) is 0.381. The number of ether oxygens (including phenoxy) is 1. The summed E-state index contributed by atoms with van der Waals surface area (Å²) in [5.74, 6) is 0.405. The van der Waals surface area contributed by atoms with E-state index in [1.54, 1.807) is 0 Å². The Morgan fingerprint density at radius 1 is 1.23 bits per heavy atom. The summed E-state index contributed by atoms with van der Waals surface area (Å²) < 4.78 is 5.35. The molecule has 0 atom stereocenters. The fourth-order valence-corrected chi connectivity index (χ4v) is 3.44. The van der Waals surface area contributed by atoms with Crippen LogP contribution < -0.4 is 0 Å². The van der Waals surface area contributed by atoms with E-state index in [-0.39, 0.29) is 18.4 Å². The second-order valence-electron chi connectivity index (χ2n) is 7.44. The summed E-state index contributed by atoms with van der Waals surface area (Å²) in [4.78, 5) is 17.0. The van der Waals surface area contributed by atoms with E-state index in [1.807, 2.05) is 4.90 Å². The monoisotopic (exact) mass is 312 g/mol. The van der Waals surface area contributed by atoms with Crippen LogP contribution in [0.4, 0.5) is 0 Å². The first-order chi connectivity index (χ1) is 10.5. The van der Waals surface area contributed by atoms with E-state index in [0.29, 0.717) is 12.0 Å². The van der Waals surface area contributed by atoms with Crippen LogP contribution in [0.2, 0.25) is 0 Å². The maximum atomic E-state index is 12.7. The van der Waals surface area contributed by atoms with E-state index in [1.165, 1.54) is 0 Å². The molecule has 22 heavy (non-hydrogen) atoms. The molecule has 1 aliphatic heterocycles. The van der Waals surface area contributed by atoms with Crippen LogP contribution in [0.1, 0.15) is 39.5 Å². The molecule has 1 saturated carbocycles. The molecule has 5 heteroatoms. The fourth-order valence-electron chi connectivity index (χ4n) is 3.44. The highest BCUT2D eigenvalue weighted by molar-refractivity contribution is 5.79. The summed E-state index contributed by atoms with van der Waals surface area (Å²) in [6.07, 6.45) is 4.23. The van der Waals surface area contributed by atoms with E-state index in [0.717, 1.165) is 65.1 Å². The van der Waals surface area contributed by atoms with Gasteiger partial charge in [0.15, 0.2) is 0 Å². The minimum absolute atomic E-state index is 0.0487. The number of amides is 1. The van der Waals surface area contributed by atoms with E-state index >= 15 is 0 Å². The Labute approximate surface area is 134 Å². The largest absolute Gasteiger partial charge is 0.395 e. The van der Waals surface area contributed by atoms with Crippen molar-refractivity contribution in [3.8, 4) is 0 Å². The van der Waals surface area contributed by atoms with Gasteiger partial charge in [-0.15, -0.1) is 0 Å². The lowest BCUT2D eigenvalue weighted by atomic mass is 9.73.